The van der Waals surface area contributed by atoms with Crippen LogP contribution in [-0.4, -0.2) is 0 Å². The van der Waals surface area contributed by atoms with Gasteiger partial charge >= 0.3 is 0 Å². The minimum atomic E-state index is 0.188. The molecule has 0 unspecified atom stereocenters. The molecule has 0 N–H and O–H groups in total. The maximum Gasteiger partial charge on any atom is -0.0129 e. The van der Waals surface area contributed by atoms with Crippen LogP contribution in [0.2, 0.25) is 0 Å². The van der Waals surface area contributed by atoms with E-state index in [0.29, 0.717) is 0 Å². The highest BCUT2D eigenvalue weighted by atomic mass is 14.3. The monoisotopic (exact) mass is 294 g/mol. The summed E-state index contributed by atoms with van der Waals surface area (Å²) in [5.41, 5.74) is 6.23. The summed E-state index contributed by atoms with van der Waals surface area (Å²) >= 11 is 0. The molecular weight excluding hydrogens is 264 g/mol. The van der Waals surface area contributed by atoms with Crippen LogP contribution in [0.5, 0.6) is 0 Å². The van der Waals surface area contributed by atoms with Gasteiger partial charge in [-0.2, -0.15) is 0 Å². The summed E-state index contributed by atoms with van der Waals surface area (Å²) in [5.74, 6) is 0. The van der Waals surface area contributed by atoms with Gasteiger partial charge in [-0.25, -0.2) is 0 Å². The Kier molecular flexibility index (Phi) is 4.80. The van der Waals surface area contributed by atoms with Crippen molar-refractivity contribution in [1.29, 1.82) is 0 Å². The SMILES string of the molecule is CC(C)(C)c1ccc(CCc2ccccc2)c(C(C)(C)C)c1. The third-order valence-electron chi connectivity index (χ3n) is 4.31. The first kappa shape index (κ1) is 16.8. The second-order valence-electron chi connectivity index (χ2n) is 8.36. The van der Waals surface area contributed by atoms with Crippen LogP contribution in [0.15, 0.2) is 48.5 Å². The first-order valence-electron chi connectivity index (χ1n) is 8.36. The van der Waals surface area contributed by atoms with Crippen LogP contribution >= 0.6 is 0 Å². The molecule has 0 heteroatoms. The predicted octanol–water partition coefficient (Wildman–Crippen LogP) is 6.07. The summed E-state index contributed by atoms with van der Waals surface area (Å²) in [6.07, 6.45) is 2.22. The van der Waals surface area contributed by atoms with Crippen molar-refractivity contribution >= 4 is 0 Å². The highest BCUT2D eigenvalue weighted by Crippen LogP contribution is 2.32. The van der Waals surface area contributed by atoms with Crippen LogP contribution in [0.3, 0.4) is 0 Å². The molecule has 0 aromatic heterocycles. The van der Waals surface area contributed by atoms with Gasteiger partial charge in [-0.3, -0.25) is 0 Å². The van der Waals surface area contributed by atoms with Crippen LogP contribution in [0.4, 0.5) is 0 Å². The predicted molar refractivity (Wildman–Crippen MR) is 97.7 cm³/mol. The lowest BCUT2D eigenvalue weighted by Crippen LogP contribution is -2.18. The van der Waals surface area contributed by atoms with E-state index >= 15 is 0 Å². The molecule has 0 aliphatic rings. The fraction of sp³-hybridized carbons (Fsp3) is 0.455. The van der Waals surface area contributed by atoms with Gasteiger partial charge < -0.3 is 0 Å². The summed E-state index contributed by atoms with van der Waals surface area (Å²) in [7, 11) is 0. The van der Waals surface area contributed by atoms with Crippen molar-refractivity contribution in [3.8, 4) is 0 Å². The van der Waals surface area contributed by atoms with E-state index in [1.165, 1.54) is 22.3 Å². The van der Waals surface area contributed by atoms with Crippen LogP contribution in [-0.2, 0) is 23.7 Å². The molecule has 0 aliphatic heterocycles. The standard InChI is InChI=1S/C22H30/c1-21(2,3)19-15-14-18(20(16-19)22(4,5)6)13-12-17-10-8-7-9-11-17/h7-11,14-16H,12-13H2,1-6H3. The first-order chi connectivity index (χ1) is 10.2. The quantitative estimate of drug-likeness (QED) is 0.644. The Morgan fingerprint density at radius 3 is 1.86 bits per heavy atom. The van der Waals surface area contributed by atoms with Crippen LogP contribution in [0, 0.1) is 0 Å². The number of rotatable bonds is 3. The van der Waals surface area contributed by atoms with Crippen molar-refractivity contribution in [1.82, 2.24) is 0 Å². The Morgan fingerprint density at radius 2 is 1.32 bits per heavy atom. The van der Waals surface area contributed by atoms with E-state index in [2.05, 4.69) is 90.1 Å². The lowest BCUT2D eigenvalue weighted by Gasteiger charge is -2.27. The molecular formula is C22H30. The highest BCUT2D eigenvalue weighted by molar-refractivity contribution is 5.39. The molecule has 0 fully saturated rings. The molecule has 0 radical (unpaired) electrons. The lowest BCUT2D eigenvalue weighted by atomic mass is 9.77. The van der Waals surface area contributed by atoms with E-state index < -0.39 is 0 Å². The maximum absolute atomic E-state index is 2.43. The molecule has 0 heterocycles. The number of aryl methyl sites for hydroxylation is 2. The zero-order chi connectivity index (χ0) is 16.4. The molecule has 2 aromatic carbocycles. The highest BCUT2D eigenvalue weighted by Gasteiger charge is 2.21. The molecule has 0 bridgehead atoms. The molecule has 0 nitrogen and oxygen atoms in total. The van der Waals surface area contributed by atoms with E-state index in [9.17, 15) is 0 Å². The van der Waals surface area contributed by atoms with E-state index in [4.69, 9.17) is 0 Å². The van der Waals surface area contributed by atoms with Crippen molar-refractivity contribution in [2.75, 3.05) is 0 Å². The summed E-state index contributed by atoms with van der Waals surface area (Å²) in [6.45, 7) is 13.8. The lowest BCUT2D eigenvalue weighted by molar-refractivity contribution is 0.563. The Hall–Kier alpha value is -1.56. The summed E-state index contributed by atoms with van der Waals surface area (Å²) in [6, 6.07) is 17.9. The fourth-order valence-electron chi connectivity index (χ4n) is 2.88. The normalized spacial score (nSPS) is 12.5. The Morgan fingerprint density at radius 1 is 0.682 bits per heavy atom. The molecule has 22 heavy (non-hydrogen) atoms. The molecule has 2 aromatic rings. The van der Waals surface area contributed by atoms with Crippen LogP contribution < -0.4 is 0 Å². The Bertz CT molecular complexity index is 607. The Labute approximate surface area is 136 Å². The third-order valence-corrected chi connectivity index (χ3v) is 4.31. The van der Waals surface area contributed by atoms with E-state index in [-0.39, 0.29) is 10.8 Å². The van der Waals surface area contributed by atoms with Gasteiger partial charge in [0.05, 0.1) is 0 Å². The average Bonchev–Trinajstić information content (AvgIpc) is 2.44. The van der Waals surface area contributed by atoms with Gasteiger partial charge in [0.1, 0.15) is 0 Å². The van der Waals surface area contributed by atoms with Crippen molar-refractivity contribution in [3.05, 3.63) is 70.8 Å². The van der Waals surface area contributed by atoms with Gasteiger partial charge in [0.15, 0.2) is 0 Å². The van der Waals surface area contributed by atoms with Crippen LogP contribution in [0.25, 0.3) is 0 Å². The average molecular weight is 294 g/mol. The van der Waals surface area contributed by atoms with Crippen molar-refractivity contribution in [2.45, 2.75) is 65.2 Å². The minimum absolute atomic E-state index is 0.188. The molecule has 0 spiro atoms. The largest absolute Gasteiger partial charge is 0.0622 e. The smallest absolute Gasteiger partial charge is 0.0129 e. The van der Waals surface area contributed by atoms with Gasteiger partial charge in [-0.05, 0) is 45.9 Å². The number of hydrogen-bond acceptors (Lipinski definition) is 0. The summed E-state index contributed by atoms with van der Waals surface area (Å²) in [5, 5.41) is 0. The zero-order valence-corrected chi connectivity index (χ0v) is 15.0. The topological polar surface area (TPSA) is 0 Å². The fourth-order valence-corrected chi connectivity index (χ4v) is 2.88. The molecule has 0 saturated carbocycles. The molecule has 0 amide bonds. The maximum atomic E-state index is 2.43. The van der Waals surface area contributed by atoms with Gasteiger partial charge in [-0.1, -0.05) is 90.1 Å². The van der Waals surface area contributed by atoms with Crippen molar-refractivity contribution in [2.24, 2.45) is 0 Å². The second-order valence-corrected chi connectivity index (χ2v) is 8.36. The molecule has 2 rings (SSSR count). The van der Waals surface area contributed by atoms with E-state index in [1.54, 1.807) is 0 Å². The van der Waals surface area contributed by atoms with E-state index in [1.807, 2.05) is 0 Å². The molecule has 0 saturated heterocycles. The minimum Gasteiger partial charge on any atom is -0.0622 e. The molecule has 0 atom stereocenters. The van der Waals surface area contributed by atoms with Gasteiger partial charge in [0.2, 0.25) is 0 Å². The summed E-state index contributed by atoms with van der Waals surface area (Å²) < 4.78 is 0. The first-order valence-corrected chi connectivity index (χ1v) is 8.36. The van der Waals surface area contributed by atoms with Crippen molar-refractivity contribution in [3.63, 3.8) is 0 Å². The number of benzene rings is 2. The third kappa shape index (κ3) is 4.22. The van der Waals surface area contributed by atoms with Crippen molar-refractivity contribution < 1.29 is 0 Å². The van der Waals surface area contributed by atoms with Gasteiger partial charge in [0, 0.05) is 0 Å². The number of hydrogen-bond donors (Lipinski definition) is 0. The second kappa shape index (κ2) is 6.28. The Balaban J connectivity index is 2.30. The summed E-state index contributed by atoms with van der Waals surface area (Å²) in [4.78, 5) is 0. The van der Waals surface area contributed by atoms with E-state index in [0.717, 1.165) is 12.8 Å². The zero-order valence-electron chi connectivity index (χ0n) is 15.0. The molecule has 0 aliphatic carbocycles. The van der Waals surface area contributed by atoms with Crippen LogP contribution in [0.1, 0.15) is 63.8 Å². The van der Waals surface area contributed by atoms with Gasteiger partial charge in [0.25, 0.3) is 0 Å². The van der Waals surface area contributed by atoms with Gasteiger partial charge in [-0.15, -0.1) is 0 Å². The molecule has 118 valence electrons.